The van der Waals surface area contributed by atoms with Crippen LogP contribution in [0.3, 0.4) is 0 Å². The van der Waals surface area contributed by atoms with Gasteiger partial charge in [0.25, 0.3) is 0 Å². The van der Waals surface area contributed by atoms with Gasteiger partial charge in [-0.2, -0.15) is 5.10 Å². The average molecular weight is 451 g/mol. The molecule has 1 fully saturated rings. The van der Waals surface area contributed by atoms with Crippen LogP contribution < -0.4 is 19.7 Å². The van der Waals surface area contributed by atoms with Crippen LogP contribution >= 0.6 is 0 Å². The van der Waals surface area contributed by atoms with Gasteiger partial charge in [0.2, 0.25) is 0 Å². The van der Waals surface area contributed by atoms with Gasteiger partial charge in [0.1, 0.15) is 29.3 Å². The van der Waals surface area contributed by atoms with Crippen molar-refractivity contribution < 1.29 is 14.3 Å². The van der Waals surface area contributed by atoms with E-state index in [9.17, 15) is 4.79 Å². The smallest absolute Gasteiger partial charge is 0.317 e. The van der Waals surface area contributed by atoms with Gasteiger partial charge in [-0.3, -0.25) is 0 Å². The Bertz CT molecular complexity index is 1070. The summed E-state index contributed by atoms with van der Waals surface area (Å²) in [5.41, 5.74) is 2.96. The molecule has 2 heterocycles. The number of hydrogen-bond donors (Lipinski definition) is 1. The number of methoxy groups -OCH3 is 1. The normalized spacial score (nSPS) is 13.7. The first kappa shape index (κ1) is 22.4. The van der Waals surface area contributed by atoms with E-state index in [4.69, 9.17) is 9.47 Å². The Morgan fingerprint density at radius 1 is 1.09 bits per heavy atom. The highest BCUT2D eigenvalue weighted by molar-refractivity contribution is 5.74. The first-order valence-corrected chi connectivity index (χ1v) is 11.1. The van der Waals surface area contributed by atoms with E-state index in [-0.39, 0.29) is 6.03 Å². The molecule has 1 aliphatic rings. The average Bonchev–Trinajstić information content (AvgIpc) is 3.29. The molecule has 33 heavy (non-hydrogen) atoms. The number of nitrogens with one attached hydrogen (secondary N) is 1. The molecule has 2 amide bonds. The summed E-state index contributed by atoms with van der Waals surface area (Å²) in [5.74, 6) is 2.28. The Morgan fingerprint density at radius 2 is 1.85 bits per heavy atom. The van der Waals surface area contributed by atoms with Crippen LogP contribution in [0, 0.1) is 6.92 Å². The van der Waals surface area contributed by atoms with Crippen molar-refractivity contribution in [2.24, 2.45) is 0 Å². The molecule has 1 saturated heterocycles. The predicted octanol–water partition coefficient (Wildman–Crippen LogP) is 3.01. The Morgan fingerprint density at radius 3 is 2.48 bits per heavy atom. The molecule has 0 spiro atoms. The lowest BCUT2D eigenvalue weighted by Gasteiger charge is -2.36. The van der Waals surface area contributed by atoms with Gasteiger partial charge in [0.15, 0.2) is 0 Å². The van der Waals surface area contributed by atoms with Crippen molar-refractivity contribution in [3.8, 4) is 17.2 Å². The van der Waals surface area contributed by atoms with Gasteiger partial charge >= 0.3 is 6.03 Å². The van der Waals surface area contributed by atoms with Crippen LogP contribution in [0.25, 0.3) is 5.69 Å². The van der Waals surface area contributed by atoms with Gasteiger partial charge in [0, 0.05) is 44.5 Å². The molecule has 0 saturated carbocycles. The maximum Gasteiger partial charge on any atom is 0.317 e. The number of benzene rings is 2. The van der Waals surface area contributed by atoms with Crippen molar-refractivity contribution >= 4 is 11.7 Å². The minimum absolute atomic E-state index is 0.0441. The van der Waals surface area contributed by atoms with E-state index in [0.29, 0.717) is 32.1 Å². The molecule has 0 bridgehead atoms. The summed E-state index contributed by atoms with van der Waals surface area (Å²) in [6, 6.07) is 13.8. The van der Waals surface area contributed by atoms with E-state index in [1.165, 1.54) is 0 Å². The quantitative estimate of drug-likeness (QED) is 0.596. The molecule has 4 rings (SSSR count). The van der Waals surface area contributed by atoms with E-state index < -0.39 is 0 Å². The number of rotatable bonds is 7. The number of ether oxygens (including phenoxy) is 2. The Kier molecular flexibility index (Phi) is 6.97. The minimum Gasteiger partial charge on any atom is -0.497 e. The topological polar surface area (TPSA) is 84.8 Å². The van der Waals surface area contributed by atoms with E-state index in [1.807, 2.05) is 55.1 Å². The van der Waals surface area contributed by atoms with Gasteiger partial charge in [0.05, 0.1) is 13.7 Å². The van der Waals surface area contributed by atoms with E-state index in [0.717, 1.165) is 41.5 Å². The molecule has 0 aliphatic carbocycles. The van der Waals surface area contributed by atoms with Gasteiger partial charge in [-0.25, -0.2) is 14.5 Å². The third-order valence-electron chi connectivity index (χ3n) is 5.63. The monoisotopic (exact) mass is 450 g/mol. The number of urea groups is 1. The Labute approximate surface area is 193 Å². The van der Waals surface area contributed by atoms with Crippen LogP contribution in [0.15, 0.2) is 48.8 Å². The summed E-state index contributed by atoms with van der Waals surface area (Å²) < 4.78 is 12.8. The lowest BCUT2D eigenvalue weighted by molar-refractivity contribution is 0.194. The molecular formula is C24H30N6O3. The maximum atomic E-state index is 12.6. The first-order valence-electron chi connectivity index (χ1n) is 11.1. The molecule has 2 aromatic carbocycles. The van der Waals surface area contributed by atoms with Crippen molar-refractivity contribution in [2.45, 2.75) is 20.4 Å². The number of aryl methyl sites for hydroxylation is 1. The molecule has 1 aromatic heterocycles. The number of anilines is 1. The van der Waals surface area contributed by atoms with Gasteiger partial charge < -0.3 is 24.6 Å². The lowest BCUT2D eigenvalue weighted by atomic mass is 10.2. The Hall–Kier alpha value is -3.75. The summed E-state index contributed by atoms with van der Waals surface area (Å²) in [6.07, 6.45) is 1.69. The van der Waals surface area contributed by atoms with Crippen LogP contribution in [0.2, 0.25) is 0 Å². The molecule has 0 radical (unpaired) electrons. The second kappa shape index (κ2) is 10.2. The zero-order valence-electron chi connectivity index (χ0n) is 19.3. The van der Waals surface area contributed by atoms with Crippen LogP contribution in [-0.4, -0.2) is 65.6 Å². The summed E-state index contributed by atoms with van der Waals surface area (Å²) in [7, 11) is 1.64. The fourth-order valence-electron chi connectivity index (χ4n) is 3.82. The predicted molar refractivity (Wildman–Crippen MR) is 126 cm³/mol. The summed E-state index contributed by atoms with van der Waals surface area (Å²) >= 11 is 0. The minimum atomic E-state index is -0.0441. The van der Waals surface area contributed by atoms with Gasteiger partial charge in [-0.05, 0) is 43.7 Å². The van der Waals surface area contributed by atoms with Crippen LogP contribution in [0.1, 0.15) is 18.3 Å². The molecule has 3 aromatic rings. The van der Waals surface area contributed by atoms with E-state index in [2.05, 4.69) is 26.4 Å². The number of aromatic nitrogens is 3. The zero-order valence-corrected chi connectivity index (χ0v) is 19.3. The first-order chi connectivity index (χ1) is 16.1. The number of carbonyl (C=O) groups is 1. The number of nitrogens with zero attached hydrogens (tertiary/aromatic N) is 5. The third kappa shape index (κ3) is 5.36. The van der Waals surface area contributed by atoms with Crippen molar-refractivity contribution in [1.29, 1.82) is 0 Å². The number of hydrogen-bond acceptors (Lipinski definition) is 6. The molecule has 0 unspecified atom stereocenters. The molecule has 0 atom stereocenters. The largest absolute Gasteiger partial charge is 0.497 e. The number of carbonyl (C=O) groups excluding carboxylic acids is 1. The van der Waals surface area contributed by atoms with Crippen LogP contribution in [-0.2, 0) is 6.54 Å². The molecule has 1 N–H and O–H groups in total. The molecular weight excluding hydrogens is 420 g/mol. The Balaban J connectivity index is 1.34. The molecule has 1 aliphatic heterocycles. The number of amides is 2. The van der Waals surface area contributed by atoms with Crippen molar-refractivity contribution in [1.82, 2.24) is 25.0 Å². The fourth-order valence-corrected chi connectivity index (χ4v) is 3.82. The lowest BCUT2D eigenvalue weighted by Crippen LogP contribution is -2.51. The summed E-state index contributed by atoms with van der Waals surface area (Å²) in [6.45, 7) is 7.69. The second-order valence-corrected chi connectivity index (χ2v) is 7.80. The molecule has 174 valence electrons. The highest BCUT2D eigenvalue weighted by atomic mass is 16.5. The van der Waals surface area contributed by atoms with Crippen LogP contribution in [0.5, 0.6) is 11.5 Å². The third-order valence-corrected chi connectivity index (χ3v) is 5.63. The maximum absolute atomic E-state index is 12.6. The standard InChI is InChI=1S/C24H30N6O3/c1-4-33-23-15-20(7-10-22(23)30-17-26-18(2)27-30)28-11-13-29(14-12-28)24(31)25-16-19-5-8-21(32-3)9-6-19/h5-10,15,17H,4,11-14,16H2,1-3H3,(H,25,31). The van der Waals surface area contributed by atoms with Crippen molar-refractivity contribution in [3.63, 3.8) is 0 Å². The zero-order chi connectivity index (χ0) is 23.2. The van der Waals surface area contributed by atoms with Crippen LogP contribution in [0.4, 0.5) is 10.5 Å². The van der Waals surface area contributed by atoms with E-state index >= 15 is 0 Å². The van der Waals surface area contributed by atoms with Gasteiger partial charge in [-0.1, -0.05) is 12.1 Å². The van der Waals surface area contributed by atoms with E-state index in [1.54, 1.807) is 18.1 Å². The summed E-state index contributed by atoms with van der Waals surface area (Å²) in [4.78, 5) is 21.0. The summed E-state index contributed by atoms with van der Waals surface area (Å²) in [5, 5.41) is 7.40. The SMILES string of the molecule is CCOc1cc(N2CCN(C(=O)NCc3ccc(OC)cc3)CC2)ccc1-n1cnc(C)n1. The van der Waals surface area contributed by atoms with Crippen molar-refractivity contribution in [2.75, 3.05) is 44.8 Å². The van der Waals surface area contributed by atoms with Gasteiger partial charge in [-0.15, -0.1) is 0 Å². The fraction of sp³-hybridized carbons (Fsp3) is 0.375. The molecule has 9 nitrogen and oxygen atoms in total. The molecule has 9 heteroatoms. The second-order valence-electron chi connectivity index (χ2n) is 7.80. The highest BCUT2D eigenvalue weighted by Gasteiger charge is 2.22. The van der Waals surface area contributed by atoms with Crippen molar-refractivity contribution in [3.05, 3.63) is 60.2 Å². The highest BCUT2D eigenvalue weighted by Crippen LogP contribution is 2.29. The number of piperazine rings is 1.